The van der Waals surface area contributed by atoms with Crippen LogP contribution in [0.3, 0.4) is 0 Å². The van der Waals surface area contributed by atoms with Crippen molar-refractivity contribution in [3.05, 3.63) is 58.8 Å². The highest BCUT2D eigenvalue weighted by Gasteiger charge is 2.39. The Hall–Kier alpha value is -2.31. The minimum absolute atomic E-state index is 0.00743. The number of halogens is 3. The zero-order valence-corrected chi connectivity index (χ0v) is 17.2. The van der Waals surface area contributed by atoms with Crippen LogP contribution >= 0.6 is 0 Å². The van der Waals surface area contributed by atoms with Gasteiger partial charge in [0.05, 0.1) is 17.9 Å². The van der Waals surface area contributed by atoms with Gasteiger partial charge >= 0.3 is 6.18 Å². The number of H-pyrrole nitrogens is 1. The fraction of sp³-hybridized carbons (Fsp3) is 0.417. The molecule has 0 radical (unpaired) electrons. The van der Waals surface area contributed by atoms with E-state index in [1.54, 1.807) is 6.07 Å². The predicted octanol–water partition coefficient (Wildman–Crippen LogP) is 5.98. The second-order valence-electron chi connectivity index (χ2n) is 7.85. The first-order valence-electron chi connectivity index (χ1n) is 10.4. The lowest BCUT2D eigenvalue weighted by molar-refractivity contribution is -0.137. The summed E-state index contributed by atoms with van der Waals surface area (Å²) in [5.41, 5.74) is 3.53. The Balaban J connectivity index is 1.98. The Labute approximate surface area is 173 Å². The van der Waals surface area contributed by atoms with Crippen molar-refractivity contribution in [3.63, 3.8) is 0 Å². The Kier molecular flexibility index (Phi) is 5.41. The molecule has 1 aromatic heterocycles. The van der Waals surface area contributed by atoms with E-state index in [9.17, 15) is 18.3 Å². The predicted molar refractivity (Wildman–Crippen MR) is 111 cm³/mol. The van der Waals surface area contributed by atoms with Crippen LogP contribution < -0.4 is 0 Å². The SMILES string of the molecule is CCc1cc(-c2ccccc2C(F)(F)F)cc2c3c([nH]c12)C(CC)(CCO)OCC3. The van der Waals surface area contributed by atoms with Crippen molar-refractivity contribution in [3.8, 4) is 11.1 Å². The van der Waals surface area contributed by atoms with Crippen molar-refractivity contribution in [2.45, 2.75) is 51.3 Å². The van der Waals surface area contributed by atoms with Crippen LogP contribution in [0.1, 0.15) is 49.1 Å². The zero-order chi connectivity index (χ0) is 21.5. The lowest BCUT2D eigenvalue weighted by Gasteiger charge is -2.36. The van der Waals surface area contributed by atoms with E-state index in [-0.39, 0.29) is 12.2 Å². The molecule has 2 heterocycles. The number of ether oxygens (including phenoxy) is 1. The second-order valence-corrected chi connectivity index (χ2v) is 7.85. The Morgan fingerprint density at radius 2 is 1.93 bits per heavy atom. The highest BCUT2D eigenvalue weighted by molar-refractivity contribution is 5.92. The number of aromatic nitrogens is 1. The molecule has 1 atom stereocenters. The van der Waals surface area contributed by atoms with Gasteiger partial charge in [0.1, 0.15) is 5.60 Å². The van der Waals surface area contributed by atoms with Crippen molar-refractivity contribution in [2.24, 2.45) is 0 Å². The van der Waals surface area contributed by atoms with Gasteiger partial charge in [-0.15, -0.1) is 0 Å². The van der Waals surface area contributed by atoms with Crippen LogP contribution in [0.4, 0.5) is 13.2 Å². The normalized spacial score (nSPS) is 19.3. The summed E-state index contributed by atoms with van der Waals surface area (Å²) in [7, 11) is 0. The number of aromatic amines is 1. The standard InChI is InChI=1S/C24H26F3NO2/c1-3-15-13-16(17-7-5-6-8-20(17)24(25,26)27)14-19-18-9-12-30-23(4-2,10-11-29)22(18)28-21(15)19/h5-8,13-14,28-29H,3-4,9-12H2,1-2H3. The first-order valence-corrected chi connectivity index (χ1v) is 10.4. The third-order valence-corrected chi connectivity index (χ3v) is 6.29. The van der Waals surface area contributed by atoms with Crippen molar-refractivity contribution in [1.82, 2.24) is 4.98 Å². The van der Waals surface area contributed by atoms with Crippen molar-refractivity contribution >= 4 is 10.9 Å². The van der Waals surface area contributed by atoms with Gasteiger partial charge in [-0.25, -0.2) is 0 Å². The molecule has 160 valence electrons. The van der Waals surface area contributed by atoms with Crippen LogP contribution in [0.5, 0.6) is 0 Å². The van der Waals surface area contributed by atoms with Crippen LogP contribution in [0.25, 0.3) is 22.0 Å². The third kappa shape index (κ3) is 3.32. The lowest BCUT2D eigenvalue weighted by atomic mass is 9.86. The van der Waals surface area contributed by atoms with Crippen LogP contribution in [0, 0.1) is 0 Å². The molecule has 0 saturated heterocycles. The summed E-state index contributed by atoms with van der Waals surface area (Å²) in [6.45, 7) is 4.57. The average Bonchev–Trinajstić information content (AvgIpc) is 3.12. The lowest BCUT2D eigenvalue weighted by Crippen LogP contribution is -2.36. The Bertz CT molecular complexity index is 1070. The van der Waals surface area contributed by atoms with Gasteiger partial charge in [-0.2, -0.15) is 13.2 Å². The van der Waals surface area contributed by atoms with Crippen LogP contribution in [-0.4, -0.2) is 23.3 Å². The molecule has 4 rings (SSSR count). The molecule has 0 saturated carbocycles. The molecule has 3 aromatic rings. The van der Waals surface area contributed by atoms with Crippen LogP contribution in [0.2, 0.25) is 0 Å². The third-order valence-electron chi connectivity index (χ3n) is 6.29. The topological polar surface area (TPSA) is 45.2 Å². The number of aliphatic hydroxyl groups is 1. The maximum Gasteiger partial charge on any atom is 0.417 e. The number of fused-ring (bicyclic) bond motifs is 3. The molecule has 1 unspecified atom stereocenters. The summed E-state index contributed by atoms with van der Waals surface area (Å²) in [5, 5.41) is 10.6. The molecule has 1 aliphatic rings. The molecule has 6 heteroatoms. The first kappa shape index (κ1) is 20.9. The minimum Gasteiger partial charge on any atom is -0.396 e. The number of hydrogen-bond donors (Lipinski definition) is 2. The highest BCUT2D eigenvalue weighted by Crippen LogP contribution is 2.44. The summed E-state index contributed by atoms with van der Waals surface area (Å²) in [6, 6.07) is 9.47. The number of rotatable bonds is 5. The minimum atomic E-state index is -4.41. The van der Waals surface area contributed by atoms with E-state index in [0.29, 0.717) is 37.9 Å². The van der Waals surface area contributed by atoms with Gasteiger partial charge in [0.2, 0.25) is 0 Å². The molecular formula is C24H26F3NO2. The zero-order valence-electron chi connectivity index (χ0n) is 17.2. The van der Waals surface area contributed by atoms with Gasteiger partial charge in [0.15, 0.2) is 0 Å². The number of benzene rings is 2. The molecule has 0 amide bonds. The van der Waals surface area contributed by atoms with E-state index in [0.717, 1.165) is 33.8 Å². The highest BCUT2D eigenvalue weighted by atomic mass is 19.4. The summed E-state index contributed by atoms with van der Waals surface area (Å²) >= 11 is 0. The number of aliphatic hydroxyl groups excluding tert-OH is 1. The van der Waals surface area contributed by atoms with Gasteiger partial charge < -0.3 is 14.8 Å². The van der Waals surface area contributed by atoms with Crippen molar-refractivity contribution in [1.29, 1.82) is 0 Å². The quantitative estimate of drug-likeness (QED) is 0.537. The molecule has 1 aliphatic heterocycles. The molecule has 3 nitrogen and oxygen atoms in total. The molecule has 2 N–H and O–H groups in total. The van der Waals surface area contributed by atoms with E-state index >= 15 is 0 Å². The molecular weight excluding hydrogens is 391 g/mol. The molecule has 0 aliphatic carbocycles. The monoisotopic (exact) mass is 417 g/mol. The van der Waals surface area contributed by atoms with E-state index in [2.05, 4.69) is 4.98 Å². The van der Waals surface area contributed by atoms with Gasteiger partial charge in [-0.05, 0) is 59.7 Å². The average molecular weight is 417 g/mol. The smallest absolute Gasteiger partial charge is 0.396 e. The number of nitrogens with one attached hydrogen (secondary N) is 1. The van der Waals surface area contributed by atoms with E-state index in [1.165, 1.54) is 12.1 Å². The molecule has 30 heavy (non-hydrogen) atoms. The van der Waals surface area contributed by atoms with E-state index < -0.39 is 17.3 Å². The maximum atomic E-state index is 13.6. The summed E-state index contributed by atoms with van der Waals surface area (Å²) in [5.74, 6) is 0. The fourth-order valence-electron chi connectivity index (χ4n) is 4.74. The maximum absolute atomic E-state index is 13.6. The number of aryl methyl sites for hydroxylation is 1. The van der Waals surface area contributed by atoms with Gasteiger partial charge in [-0.3, -0.25) is 0 Å². The van der Waals surface area contributed by atoms with Crippen molar-refractivity contribution in [2.75, 3.05) is 13.2 Å². The second kappa shape index (κ2) is 7.75. The van der Waals surface area contributed by atoms with Gasteiger partial charge in [0, 0.05) is 23.9 Å². The van der Waals surface area contributed by atoms with Gasteiger partial charge in [-0.1, -0.05) is 32.0 Å². The summed E-state index contributed by atoms with van der Waals surface area (Å²) in [6.07, 6.45) is -1.84. The fourth-order valence-corrected chi connectivity index (χ4v) is 4.74. The molecule has 2 aromatic carbocycles. The summed E-state index contributed by atoms with van der Waals surface area (Å²) < 4.78 is 47.0. The van der Waals surface area contributed by atoms with Crippen LogP contribution in [0.15, 0.2) is 36.4 Å². The number of hydrogen-bond acceptors (Lipinski definition) is 2. The Morgan fingerprint density at radius 3 is 2.60 bits per heavy atom. The Morgan fingerprint density at radius 1 is 1.17 bits per heavy atom. The van der Waals surface area contributed by atoms with E-state index in [4.69, 9.17) is 4.74 Å². The summed E-state index contributed by atoms with van der Waals surface area (Å²) in [4.78, 5) is 3.53. The van der Waals surface area contributed by atoms with Crippen LogP contribution in [-0.2, 0) is 29.4 Å². The molecule has 0 bridgehead atoms. The molecule has 0 spiro atoms. The largest absolute Gasteiger partial charge is 0.417 e. The van der Waals surface area contributed by atoms with Crippen molar-refractivity contribution < 1.29 is 23.0 Å². The van der Waals surface area contributed by atoms with E-state index in [1.807, 2.05) is 26.0 Å². The number of alkyl halides is 3. The van der Waals surface area contributed by atoms with Gasteiger partial charge in [0.25, 0.3) is 0 Å². The first-order chi connectivity index (χ1) is 14.3. The molecule has 0 fully saturated rings.